The summed E-state index contributed by atoms with van der Waals surface area (Å²) in [6, 6.07) is 1.69. The second-order valence-corrected chi connectivity index (χ2v) is 12.5. The molecule has 0 aliphatic heterocycles. The maximum atomic E-state index is 15.0. The van der Waals surface area contributed by atoms with Gasteiger partial charge in [0, 0.05) is 41.9 Å². The molecule has 41 heavy (non-hydrogen) atoms. The number of hydrogen-bond acceptors (Lipinski definition) is 8. The Kier molecular flexibility index (Phi) is 8.76. The zero-order valence-corrected chi connectivity index (χ0v) is 23.4. The molecule has 4 rings (SSSR count). The normalized spacial score (nSPS) is 20.0. The standard InChI is InChI=1S/C24H27ClF5N7O3S/c1-12(2)36-21-18(11-32-23(35-21)33-14-4-5-17(31)15(26)10-14)34-20(22(36)38)13-3-6-19(16(27)9-13)37(25)41(39,40)8-7-24(28,29)30/h3,6,9,11-12,14-15,17H,4-5,7-8,10,31H2,1-2H3,(H,32,33,35). The Bertz CT molecular complexity index is 1600. The van der Waals surface area contributed by atoms with Crippen molar-refractivity contribution in [3.05, 3.63) is 40.6 Å². The molecule has 224 valence electrons. The van der Waals surface area contributed by atoms with Gasteiger partial charge in [-0.1, -0.05) is 6.07 Å². The lowest BCUT2D eigenvalue weighted by molar-refractivity contribution is -0.129. The average molecular weight is 624 g/mol. The molecule has 1 aromatic carbocycles. The number of nitrogens with two attached hydrogens (primary N) is 1. The Morgan fingerprint density at radius 2 is 1.95 bits per heavy atom. The third-order valence-corrected chi connectivity index (χ3v) is 8.82. The van der Waals surface area contributed by atoms with Gasteiger partial charge in [0.05, 0.1) is 18.4 Å². The molecule has 17 heteroatoms. The molecule has 10 nitrogen and oxygen atoms in total. The van der Waals surface area contributed by atoms with Crippen LogP contribution in [0.15, 0.2) is 29.2 Å². The van der Waals surface area contributed by atoms with Crippen LogP contribution in [0.2, 0.25) is 0 Å². The smallest absolute Gasteiger partial charge is 0.351 e. The van der Waals surface area contributed by atoms with Crippen molar-refractivity contribution in [1.82, 2.24) is 19.5 Å². The van der Waals surface area contributed by atoms with Gasteiger partial charge in [-0.05, 0) is 38.8 Å². The Morgan fingerprint density at radius 3 is 2.56 bits per heavy atom. The molecule has 0 spiro atoms. The molecule has 0 bridgehead atoms. The minimum absolute atomic E-state index is 0.0416. The Hall–Kier alpha value is -3.11. The first-order valence-electron chi connectivity index (χ1n) is 12.6. The molecule has 1 aliphatic carbocycles. The van der Waals surface area contributed by atoms with Gasteiger partial charge < -0.3 is 11.1 Å². The molecule has 2 heterocycles. The van der Waals surface area contributed by atoms with Crippen molar-refractivity contribution in [1.29, 1.82) is 0 Å². The van der Waals surface area contributed by atoms with Gasteiger partial charge >= 0.3 is 6.18 Å². The predicted octanol–water partition coefficient (Wildman–Crippen LogP) is 4.45. The number of aromatic nitrogens is 4. The lowest BCUT2D eigenvalue weighted by atomic mass is 9.90. The molecule has 3 aromatic rings. The van der Waals surface area contributed by atoms with E-state index in [-0.39, 0.29) is 44.7 Å². The lowest BCUT2D eigenvalue weighted by Crippen LogP contribution is -2.42. The topological polar surface area (TPSA) is 136 Å². The summed E-state index contributed by atoms with van der Waals surface area (Å²) in [5.41, 5.74) is 4.49. The second kappa shape index (κ2) is 11.6. The molecule has 2 aromatic heterocycles. The van der Waals surface area contributed by atoms with E-state index >= 15 is 4.39 Å². The number of nitrogens with one attached hydrogen (secondary N) is 1. The van der Waals surface area contributed by atoms with Gasteiger partial charge in [0.15, 0.2) is 5.65 Å². The van der Waals surface area contributed by atoms with Crippen LogP contribution in [0.25, 0.3) is 22.4 Å². The number of anilines is 2. The van der Waals surface area contributed by atoms with Crippen LogP contribution in [0.3, 0.4) is 0 Å². The summed E-state index contributed by atoms with van der Waals surface area (Å²) in [6.45, 7) is 3.44. The van der Waals surface area contributed by atoms with Crippen molar-refractivity contribution < 1.29 is 30.4 Å². The fraction of sp³-hybridized carbons (Fsp3) is 0.500. The molecule has 0 amide bonds. The van der Waals surface area contributed by atoms with E-state index in [9.17, 15) is 30.8 Å². The average Bonchev–Trinajstić information content (AvgIpc) is 2.88. The minimum Gasteiger partial charge on any atom is -0.351 e. The fourth-order valence-electron chi connectivity index (χ4n) is 4.46. The zero-order chi connectivity index (χ0) is 30.3. The third kappa shape index (κ3) is 6.86. The van der Waals surface area contributed by atoms with Crippen molar-refractivity contribution in [2.24, 2.45) is 5.73 Å². The number of hydrogen-bond donors (Lipinski definition) is 2. The number of nitrogens with zero attached hydrogens (tertiary/aromatic N) is 5. The summed E-state index contributed by atoms with van der Waals surface area (Å²) >= 11 is 5.71. The summed E-state index contributed by atoms with van der Waals surface area (Å²) in [7, 11) is -4.71. The van der Waals surface area contributed by atoms with Crippen molar-refractivity contribution in [2.45, 2.75) is 70.0 Å². The fourth-order valence-corrected chi connectivity index (χ4v) is 5.90. The van der Waals surface area contributed by atoms with Crippen LogP contribution >= 0.6 is 11.8 Å². The lowest BCUT2D eigenvalue weighted by Gasteiger charge is -2.29. The number of fused-ring (bicyclic) bond motifs is 1. The molecule has 1 aliphatic rings. The number of benzene rings is 1. The highest BCUT2D eigenvalue weighted by Crippen LogP contribution is 2.31. The number of alkyl halides is 4. The monoisotopic (exact) mass is 623 g/mol. The number of halogens is 6. The maximum Gasteiger partial charge on any atom is 0.390 e. The predicted molar refractivity (Wildman–Crippen MR) is 144 cm³/mol. The Morgan fingerprint density at radius 1 is 1.24 bits per heavy atom. The first-order valence-corrected chi connectivity index (χ1v) is 14.5. The van der Waals surface area contributed by atoms with Crippen LogP contribution < -0.4 is 20.4 Å². The van der Waals surface area contributed by atoms with Crippen LogP contribution in [0.1, 0.15) is 45.6 Å². The molecular formula is C24H27ClF5N7O3S. The van der Waals surface area contributed by atoms with Crippen LogP contribution in [-0.2, 0) is 10.0 Å². The first kappa shape index (κ1) is 30.8. The molecule has 1 saturated carbocycles. The molecule has 3 atom stereocenters. The van der Waals surface area contributed by atoms with E-state index in [1.165, 1.54) is 16.8 Å². The minimum atomic E-state index is -4.76. The first-order chi connectivity index (χ1) is 19.1. The largest absolute Gasteiger partial charge is 0.390 e. The Labute approximate surface area is 236 Å². The quantitative estimate of drug-likeness (QED) is 0.278. The number of rotatable bonds is 8. The van der Waals surface area contributed by atoms with E-state index in [1.807, 2.05) is 0 Å². The summed E-state index contributed by atoms with van der Waals surface area (Å²) in [5.74, 6) is -2.43. The zero-order valence-electron chi connectivity index (χ0n) is 21.9. The highest BCUT2D eigenvalue weighted by atomic mass is 35.5. The van der Waals surface area contributed by atoms with Gasteiger partial charge in [-0.2, -0.15) is 22.0 Å². The van der Waals surface area contributed by atoms with Gasteiger partial charge in [-0.15, -0.1) is 0 Å². The third-order valence-electron chi connectivity index (χ3n) is 6.60. The van der Waals surface area contributed by atoms with Gasteiger partial charge in [0.2, 0.25) is 16.0 Å². The van der Waals surface area contributed by atoms with E-state index in [1.54, 1.807) is 13.8 Å². The van der Waals surface area contributed by atoms with Crippen LogP contribution in [0.5, 0.6) is 0 Å². The van der Waals surface area contributed by atoms with E-state index in [4.69, 9.17) is 17.5 Å². The molecular weight excluding hydrogens is 597 g/mol. The highest BCUT2D eigenvalue weighted by molar-refractivity contribution is 7.94. The molecule has 0 saturated heterocycles. The summed E-state index contributed by atoms with van der Waals surface area (Å²) in [6.07, 6.45) is -4.95. The Balaban J connectivity index is 1.67. The van der Waals surface area contributed by atoms with Gasteiger partial charge in [0.25, 0.3) is 5.56 Å². The second-order valence-electron chi connectivity index (χ2n) is 10.0. The molecule has 0 radical (unpaired) electrons. The maximum absolute atomic E-state index is 15.0. The van der Waals surface area contributed by atoms with E-state index in [0.717, 1.165) is 12.1 Å². The summed E-state index contributed by atoms with van der Waals surface area (Å²) < 4.78 is 92.2. The summed E-state index contributed by atoms with van der Waals surface area (Å²) in [5, 5.41) is 3.07. The van der Waals surface area contributed by atoms with E-state index in [0.29, 0.717) is 12.8 Å². The highest BCUT2D eigenvalue weighted by Gasteiger charge is 2.33. The molecule has 1 fully saturated rings. The summed E-state index contributed by atoms with van der Waals surface area (Å²) in [4.78, 5) is 26.4. The van der Waals surface area contributed by atoms with E-state index < -0.39 is 63.7 Å². The molecule has 3 unspecified atom stereocenters. The SMILES string of the molecule is CC(C)n1c(=O)c(-c2ccc(N(Cl)S(=O)(=O)CCC(F)(F)F)c(F)c2)nc2cnc(NC3CCC(N)C(F)C3)nc21. The van der Waals surface area contributed by atoms with Crippen LogP contribution in [0.4, 0.5) is 33.6 Å². The molecule has 3 N–H and O–H groups in total. The van der Waals surface area contributed by atoms with Crippen LogP contribution in [-0.4, -0.2) is 58.1 Å². The van der Waals surface area contributed by atoms with Crippen LogP contribution in [0, 0.1) is 5.82 Å². The van der Waals surface area contributed by atoms with Crippen molar-refractivity contribution in [3.8, 4) is 11.3 Å². The van der Waals surface area contributed by atoms with Gasteiger partial charge in [-0.3, -0.25) is 9.36 Å². The van der Waals surface area contributed by atoms with Crippen molar-refractivity contribution in [2.75, 3.05) is 14.9 Å². The van der Waals surface area contributed by atoms with E-state index in [2.05, 4.69) is 20.3 Å². The van der Waals surface area contributed by atoms with Gasteiger partial charge in [-0.25, -0.2) is 27.2 Å². The number of sulfonamides is 1. The van der Waals surface area contributed by atoms with Crippen molar-refractivity contribution >= 4 is 44.6 Å². The van der Waals surface area contributed by atoms with Gasteiger partial charge in [0.1, 0.15) is 28.9 Å². The van der Waals surface area contributed by atoms with Crippen molar-refractivity contribution in [3.63, 3.8) is 0 Å².